The number of hydrogen-bond donors (Lipinski definition) is 3. The van der Waals surface area contributed by atoms with E-state index in [-0.39, 0.29) is 26.1 Å². The Morgan fingerprint density at radius 3 is 1.29 bits per heavy atom. The summed E-state index contributed by atoms with van der Waals surface area (Å²) in [6, 6.07) is 14.9. The Bertz CT molecular complexity index is 2370. The van der Waals surface area contributed by atoms with Gasteiger partial charge < -0.3 is 48.6 Å². The third kappa shape index (κ3) is 17.5. The van der Waals surface area contributed by atoms with Crippen LogP contribution in [0.1, 0.15) is 85.8 Å². The van der Waals surface area contributed by atoms with Crippen LogP contribution in [0.3, 0.4) is 0 Å². The van der Waals surface area contributed by atoms with Gasteiger partial charge in [0, 0.05) is 29.2 Å². The standard InChI is InChI=1S/C27H33BF5NO6Si.C21H34BNO6Si.CH4.HI/c1-26(2)27(3,4)40-28(39-26)16-10-8-9-15(13-16)17(14-34-25(36)37-11-12-41(5,6)7)24(35)38-23-21(32)19(30)18(29)20(31)22(23)33;1-20(2)21(3,4)29-22(28-20)16-10-8-9-15(13-16)17(18(24)25)14-23-19(26)27-11-12-30(5,6)7;;/h8-10,13,17H,11-12,14H2,1-7H3,(H,34,36);8-10,13,17H,11-12,14H2,1-7H3,(H,23,26)(H,24,25);1H4;1H/i/hD. The van der Waals surface area contributed by atoms with Gasteiger partial charge in [-0.3, -0.25) is 9.59 Å². The number of esters is 1. The molecule has 0 spiro atoms. The third-order valence-corrected chi connectivity index (χ3v) is 16.1. The predicted octanol–water partition coefficient (Wildman–Crippen LogP) is 9.91. The van der Waals surface area contributed by atoms with Gasteiger partial charge in [-0.2, -0.15) is 8.78 Å². The molecule has 2 aliphatic rings. The van der Waals surface area contributed by atoms with Crippen molar-refractivity contribution in [2.24, 2.45) is 0 Å². The lowest BCUT2D eigenvalue weighted by Gasteiger charge is -2.32. The van der Waals surface area contributed by atoms with Gasteiger partial charge in [-0.25, -0.2) is 22.8 Å². The zero-order chi connectivity index (χ0) is 55.7. The van der Waals surface area contributed by atoms with Gasteiger partial charge in [0.25, 0.3) is 0 Å². The van der Waals surface area contributed by atoms with Crippen LogP contribution in [0.15, 0.2) is 48.5 Å². The van der Waals surface area contributed by atoms with E-state index in [1.54, 1.807) is 30.3 Å². The van der Waals surface area contributed by atoms with Crippen molar-refractivity contribution in [3.8, 4) is 5.75 Å². The van der Waals surface area contributed by atoms with Crippen molar-refractivity contribution in [1.29, 1.82) is 0.594 Å². The van der Waals surface area contributed by atoms with E-state index in [2.05, 4.69) is 49.9 Å². The minimum atomic E-state index is -2.39. The first-order chi connectivity index (χ1) is 33.6. The predicted molar refractivity (Wildman–Crippen MR) is 286 cm³/mol. The van der Waals surface area contributed by atoms with Crippen molar-refractivity contribution < 1.29 is 79.1 Å². The van der Waals surface area contributed by atoms with Gasteiger partial charge in [-0.15, -0.1) is 23.8 Å². The van der Waals surface area contributed by atoms with Crippen LogP contribution < -0.4 is 26.3 Å². The van der Waals surface area contributed by atoms with Gasteiger partial charge >= 0.3 is 38.4 Å². The minimum Gasteiger partial charge on any atom is -0.481 e. The number of aliphatic carboxylic acids is 1. The molecule has 2 atom stereocenters. The van der Waals surface area contributed by atoms with Crippen molar-refractivity contribution in [3.63, 3.8) is 0 Å². The van der Waals surface area contributed by atoms with Crippen LogP contribution in [0.25, 0.3) is 0 Å². The number of alkyl carbamates (subject to hydrolysis) is 2. The van der Waals surface area contributed by atoms with Crippen LogP contribution in [0.5, 0.6) is 5.75 Å². The number of benzene rings is 3. The highest BCUT2D eigenvalue weighted by Gasteiger charge is 2.53. The van der Waals surface area contributed by atoms with Gasteiger partial charge in [-0.1, -0.05) is 95.2 Å². The second-order valence-corrected chi connectivity index (χ2v) is 33.2. The lowest BCUT2D eigenvalue weighted by Crippen LogP contribution is -2.41. The number of hydrogen-bond acceptors (Lipinski definition) is 11. The highest BCUT2D eigenvalue weighted by molar-refractivity contribution is 14.0. The Labute approximate surface area is 446 Å². The van der Waals surface area contributed by atoms with Crippen LogP contribution in [-0.4, -0.2) is 109 Å². The molecule has 24 heteroatoms. The molecule has 5 rings (SSSR count). The molecule has 2 saturated heterocycles. The highest BCUT2D eigenvalue weighted by Crippen LogP contribution is 2.38. The molecule has 73 heavy (non-hydrogen) atoms. The maximum atomic E-state index is 14.3. The van der Waals surface area contributed by atoms with Crippen molar-refractivity contribution in [1.82, 2.24) is 10.6 Å². The van der Waals surface area contributed by atoms with Gasteiger partial charge in [0.05, 0.1) is 47.5 Å². The summed E-state index contributed by atoms with van der Waals surface area (Å²) in [7, 11) is -4.23. The summed E-state index contributed by atoms with van der Waals surface area (Å²) in [5, 5.41) is 14.7. The second kappa shape index (κ2) is 25.6. The van der Waals surface area contributed by atoms with Gasteiger partial charge in [-0.05, 0) is 89.5 Å². The number of ether oxygens (including phenoxy) is 3. The number of carboxylic acid groups (broad SMARTS) is 1. The van der Waals surface area contributed by atoms with E-state index in [9.17, 15) is 46.2 Å². The van der Waals surface area contributed by atoms with Gasteiger partial charge in [0.2, 0.25) is 34.8 Å². The zero-order valence-electron chi connectivity index (χ0n) is 44.4. The van der Waals surface area contributed by atoms with E-state index in [1.807, 2.05) is 61.5 Å². The molecular weight excluding hydrogens is 1110 g/mol. The molecule has 0 radical (unpaired) electrons. The molecular formula is C49H72B2F5IN2O12Si2. The number of carbonyl (C=O) groups excluding carboxylic acids is 3. The van der Waals surface area contributed by atoms with E-state index >= 15 is 0 Å². The third-order valence-electron chi connectivity index (χ3n) is 12.7. The van der Waals surface area contributed by atoms with Gasteiger partial charge in [0.15, 0.2) is 0 Å². The Balaban J connectivity index is 0.000000505. The topological polar surface area (TPSA) is 177 Å². The molecule has 0 aliphatic carbocycles. The summed E-state index contributed by atoms with van der Waals surface area (Å²) in [6.45, 7) is 28.1. The fraction of sp³-hybridized carbons (Fsp3) is 0.551. The summed E-state index contributed by atoms with van der Waals surface area (Å²) >= 11 is 1.40. The first kappa shape index (κ1) is 63.2. The first-order valence-electron chi connectivity index (χ1n) is 23.6. The second-order valence-electron chi connectivity index (χ2n) is 21.9. The SMILES string of the molecule is C.CC1(C)OB(c2cccc(C(CNC(=O)OCC[Si](C)(C)C)C(=O)O)c2)OC1(C)C.CC1(C)OB(c2cccc(C(CNC(=O)OCC[Si](C)(C)C)C(=O)Oc3c(F)c(F)c(F)c(F)c3F)c2)OC1(C)C.[2H]I. The molecule has 0 bridgehead atoms. The fourth-order valence-corrected chi connectivity index (χ4v) is 8.14. The monoisotopic (exact) mass is 1180 g/mol. The number of nitrogens with one attached hydrogen (secondary N) is 2. The molecule has 0 saturated carbocycles. The maximum absolute atomic E-state index is 14.3. The molecule has 2 heterocycles. The van der Waals surface area contributed by atoms with Crippen LogP contribution in [0, 0.1) is 29.1 Å². The van der Waals surface area contributed by atoms with E-state index in [0.29, 0.717) is 23.7 Å². The molecule has 2 aliphatic heterocycles. The van der Waals surface area contributed by atoms with E-state index < -0.39 is 130 Å². The lowest BCUT2D eigenvalue weighted by atomic mass is 9.77. The van der Waals surface area contributed by atoms with Crippen LogP contribution in [0.2, 0.25) is 51.4 Å². The van der Waals surface area contributed by atoms with Crippen LogP contribution >= 0.6 is 23.8 Å². The number of amides is 2. The largest absolute Gasteiger partial charge is 0.494 e. The summed E-state index contributed by atoms with van der Waals surface area (Å²) < 4.78 is 114. The Hall–Kier alpha value is -4.08. The molecule has 2 amide bonds. The van der Waals surface area contributed by atoms with Crippen molar-refractivity contribution in [2.45, 2.75) is 148 Å². The smallest absolute Gasteiger partial charge is 0.481 e. The fourth-order valence-electron chi connectivity index (χ4n) is 6.71. The highest BCUT2D eigenvalue weighted by atomic mass is 127. The molecule has 3 aromatic carbocycles. The quantitative estimate of drug-likeness (QED) is 0.0222. The molecule has 2 unspecified atom stereocenters. The molecule has 14 nitrogen and oxygen atoms in total. The molecule has 2 fully saturated rings. The average Bonchev–Trinajstić information content (AvgIpc) is 3.65. The minimum absolute atomic E-state index is 0. The molecule has 3 N–H and O–H groups in total. The Morgan fingerprint density at radius 2 is 0.945 bits per heavy atom. The van der Waals surface area contributed by atoms with Crippen LogP contribution in [0.4, 0.5) is 31.5 Å². The van der Waals surface area contributed by atoms with Gasteiger partial charge in [0.1, 0.15) is 0.594 Å². The molecule has 3 aromatic rings. The van der Waals surface area contributed by atoms with Crippen molar-refractivity contribution in [2.75, 3.05) is 26.3 Å². The molecule has 406 valence electrons. The number of carbonyl (C=O) groups is 4. The van der Waals surface area contributed by atoms with E-state index in [0.717, 1.165) is 11.5 Å². The zero-order valence-corrected chi connectivity index (χ0v) is 47.5. The summed E-state index contributed by atoms with van der Waals surface area (Å²) in [5.41, 5.74) is -0.353. The average molecular weight is 1180 g/mol. The van der Waals surface area contributed by atoms with E-state index in [1.165, 1.54) is 35.9 Å². The van der Waals surface area contributed by atoms with Crippen molar-refractivity contribution in [3.05, 3.63) is 88.7 Å². The first-order valence-corrected chi connectivity index (χ1v) is 30.7. The maximum Gasteiger partial charge on any atom is 0.494 e. The van der Waals surface area contributed by atoms with Crippen LogP contribution in [-0.2, 0) is 37.7 Å². The summed E-state index contributed by atoms with van der Waals surface area (Å²) in [5.74, 6) is -18.1. The summed E-state index contributed by atoms with van der Waals surface area (Å²) in [6.07, 6.45) is -1.46. The number of carboxylic acids is 1. The molecule has 0 aromatic heterocycles. The Morgan fingerprint density at radius 1 is 0.616 bits per heavy atom. The number of halogens is 6. The van der Waals surface area contributed by atoms with Crippen molar-refractivity contribution >= 4 is 89.2 Å². The van der Waals surface area contributed by atoms with E-state index in [4.69, 9.17) is 33.4 Å². The normalized spacial score (nSPS) is 17.2. The summed E-state index contributed by atoms with van der Waals surface area (Å²) in [4.78, 5) is 49.3. The Kier molecular flexibility index (Phi) is 22.2. The lowest BCUT2D eigenvalue weighted by molar-refractivity contribution is -0.139. The number of rotatable bonds is 17.